The van der Waals surface area contributed by atoms with Gasteiger partial charge in [0.05, 0.1) is 6.10 Å². The number of carboxylic acid groups (broad SMARTS) is 1. The maximum atomic E-state index is 12.9. The monoisotopic (exact) mass is 269 g/mol. The summed E-state index contributed by atoms with van der Waals surface area (Å²) >= 11 is 0. The van der Waals surface area contributed by atoms with Gasteiger partial charge in [-0.15, -0.1) is 0 Å². The minimum atomic E-state index is -1.39. The third kappa shape index (κ3) is 3.30. The van der Waals surface area contributed by atoms with Crippen molar-refractivity contribution in [3.05, 3.63) is 35.6 Å². The van der Waals surface area contributed by atoms with E-state index < -0.39 is 23.3 Å². The molecule has 1 aromatic rings. The van der Waals surface area contributed by atoms with E-state index in [-0.39, 0.29) is 18.9 Å². The van der Waals surface area contributed by atoms with Crippen LogP contribution in [0.3, 0.4) is 0 Å². The van der Waals surface area contributed by atoms with Crippen LogP contribution in [0.1, 0.15) is 25.8 Å². The molecule has 1 aromatic carbocycles. The lowest BCUT2D eigenvalue weighted by Gasteiger charge is -2.32. The molecule has 0 bridgehead atoms. The number of carbonyl (C=O) groups is 1. The van der Waals surface area contributed by atoms with E-state index in [0.29, 0.717) is 5.56 Å². The van der Waals surface area contributed by atoms with Crippen LogP contribution < -0.4 is 5.73 Å². The second-order valence-electron chi connectivity index (χ2n) is 5.11. The van der Waals surface area contributed by atoms with E-state index >= 15 is 0 Å². The van der Waals surface area contributed by atoms with Crippen LogP contribution in [0.2, 0.25) is 0 Å². The Morgan fingerprint density at radius 3 is 2.26 bits per heavy atom. The molecule has 0 spiro atoms. The highest BCUT2D eigenvalue weighted by Crippen LogP contribution is 2.31. The summed E-state index contributed by atoms with van der Waals surface area (Å²) in [5.41, 5.74) is 4.66. The molecule has 0 aliphatic rings. The van der Waals surface area contributed by atoms with E-state index in [0.717, 1.165) is 0 Å². The van der Waals surface area contributed by atoms with Crippen molar-refractivity contribution in [1.29, 1.82) is 0 Å². The van der Waals surface area contributed by atoms with Gasteiger partial charge in [-0.2, -0.15) is 0 Å². The normalized spacial score (nSPS) is 16.1. The summed E-state index contributed by atoms with van der Waals surface area (Å²) in [6.45, 7) is 3.45. The summed E-state index contributed by atoms with van der Waals surface area (Å²) < 4.78 is 12.9. The lowest BCUT2D eigenvalue weighted by Crippen LogP contribution is -2.46. The Balaban J connectivity index is 3.19. The Hall–Kier alpha value is -1.46. The number of aliphatic carboxylic acids is 1. The zero-order chi connectivity index (χ0) is 14.6. The molecule has 106 valence electrons. The minimum absolute atomic E-state index is 0.00212. The summed E-state index contributed by atoms with van der Waals surface area (Å²) in [6, 6.07) is 5.21. The summed E-state index contributed by atoms with van der Waals surface area (Å²) in [7, 11) is 0. The molecule has 0 heterocycles. The number of halogens is 1. The Bertz CT molecular complexity index is 433. The van der Waals surface area contributed by atoms with Gasteiger partial charge in [-0.1, -0.05) is 26.0 Å². The van der Waals surface area contributed by atoms with E-state index in [2.05, 4.69) is 0 Å². The first-order valence-electron chi connectivity index (χ1n) is 6.21. The van der Waals surface area contributed by atoms with Gasteiger partial charge >= 0.3 is 5.97 Å². The van der Waals surface area contributed by atoms with E-state index in [9.17, 15) is 19.4 Å². The summed E-state index contributed by atoms with van der Waals surface area (Å²) in [6.07, 6.45) is -0.785. The third-order valence-electron chi connectivity index (χ3n) is 3.48. The molecule has 0 radical (unpaired) electrons. The molecule has 2 atom stereocenters. The first kappa shape index (κ1) is 15.6. The minimum Gasteiger partial charge on any atom is -0.481 e. The van der Waals surface area contributed by atoms with Crippen LogP contribution in [0.25, 0.3) is 0 Å². The average Bonchev–Trinajstić information content (AvgIpc) is 2.36. The van der Waals surface area contributed by atoms with E-state index in [1.54, 1.807) is 13.8 Å². The number of hydrogen-bond donors (Lipinski definition) is 3. The first-order valence-corrected chi connectivity index (χ1v) is 6.21. The van der Waals surface area contributed by atoms with Gasteiger partial charge in [0, 0.05) is 6.54 Å². The van der Waals surface area contributed by atoms with Gasteiger partial charge in [-0.3, -0.25) is 4.79 Å². The van der Waals surface area contributed by atoms with Crippen molar-refractivity contribution in [3.63, 3.8) is 0 Å². The predicted molar refractivity (Wildman–Crippen MR) is 70.2 cm³/mol. The summed E-state index contributed by atoms with van der Waals surface area (Å²) in [4.78, 5) is 11.6. The molecule has 19 heavy (non-hydrogen) atoms. The molecule has 0 aromatic heterocycles. The fraction of sp³-hybridized carbons (Fsp3) is 0.500. The average molecular weight is 269 g/mol. The molecule has 0 aliphatic heterocycles. The highest BCUT2D eigenvalue weighted by atomic mass is 19.1. The van der Waals surface area contributed by atoms with Gasteiger partial charge in [0.15, 0.2) is 0 Å². The van der Waals surface area contributed by atoms with Crippen LogP contribution >= 0.6 is 0 Å². The van der Waals surface area contributed by atoms with E-state index in [1.165, 1.54) is 24.3 Å². The molecule has 4 N–H and O–H groups in total. The highest BCUT2D eigenvalue weighted by Gasteiger charge is 2.41. The van der Waals surface area contributed by atoms with Crippen LogP contribution in [0, 0.1) is 11.7 Å². The van der Waals surface area contributed by atoms with Gasteiger partial charge in [-0.25, -0.2) is 4.39 Å². The molecule has 0 saturated heterocycles. The number of aliphatic hydroxyl groups is 1. The quantitative estimate of drug-likeness (QED) is 0.731. The summed E-state index contributed by atoms with van der Waals surface area (Å²) in [5.74, 6) is -1.63. The van der Waals surface area contributed by atoms with E-state index in [1.807, 2.05) is 0 Å². The zero-order valence-electron chi connectivity index (χ0n) is 11.1. The molecule has 0 aliphatic carbocycles. The number of hydrogen-bond acceptors (Lipinski definition) is 3. The SMILES string of the molecule is CC(C)C(O)CC(CN)(C(=O)O)c1ccc(F)cc1. The van der Waals surface area contributed by atoms with Gasteiger partial charge in [-0.05, 0) is 30.0 Å². The zero-order valence-corrected chi connectivity index (χ0v) is 11.1. The highest BCUT2D eigenvalue weighted by molar-refractivity contribution is 5.81. The van der Waals surface area contributed by atoms with Crippen LogP contribution in [0.4, 0.5) is 4.39 Å². The Morgan fingerprint density at radius 1 is 1.37 bits per heavy atom. The molecule has 0 amide bonds. The molecule has 1 rings (SSSR count). The van der Waals surface area contributed by atoms with Crippen molar-refractivity contribution in [1.82, 2.24) is 0 Å². The largest absolute Gasteiger partial charge is 0.481 e. The fourth-order valence-corrected chi connectivity index (χ4v) is 1.98. The number of nitrogens with two attached hydrogens (primary N) is 1. The number of rotatable bonds is 6. The lowest BCUT2D eigenvalue weighted by molar-refractivity contribution is -0.145. The van der Waals surface area contributed by atoms with Crippen molar-refractivity contribution < 1.29 is 19.4 Å². The number of aliphatic hydroxyl groups excluding tert-OH is 1. The van der Waals surface area contributed by atoms with Crippen LogP contribution in [0.15, 0.2) is 24.3 Å². The number of benzene rings is 1. The van der Waals surface area contributed by atoms with Crippen molar-refractivity contribution in [2.75, 3.05) is 6.54 Å². The van der Waals surface area contributed by atoms with Gasteiger partial charge in [0.25, 0.3) is 0 Å². The molecule has 4 nitrogen and oxygen atoms in total. The van der Waals surface area contributed by atoms with Gasteiger partial charge in [0.2, 0.25) is 0 Å². The maximum Gasteiger partial charge on any atom is 0.315 e. The second-order valence-corrected chi connectivity index (χ2v) is 5.11. The number of carboxylic acids is 1. The summed E-state index contributed by atoms with van der Waals surface area (Å²) in [5, 5.41) is 19.5. The standard InChI is InChI=1S/C14H20FNO3/c1-9(2)12(17)7-14(8-16,13(18)19)10-3-5-11(15)6-4-10/h3-6,9,12,17H,7-8,16H2,1-2H3,(H,18,19). The topological polar surface area (TPSA) is 83.5 Å². The van der Waals surface area contributed by atoms with Crippen LogP contribution in [0.5, 0.6) is 0 Å². The molecule has 0 fully saturated rings. The van der Waals surface area contributed by atoms with Gasteiger partial charge < -0.3 is 15.9 Å². The Labute approximate surface area is 112 Å². The van der Waals surface area contributed by atoms with Crippen molar-refractivity contribution in [2.24, 2.45) is 11.7 Å². The smallest absolute Gasteiger partial charge is 0.315 e. The maximum absolute atomic E-state index is 12.9. The second kappa shape index (κ2) is 6.12. The fourth-order valence-electron chi connectivity index (χ4n) is 1.98. The molecular weight excluding hydrogens is 249 g/mol. The molecule has 0 saturated carbocycles. The first-order chi connectivity index (χ1) is 8.83. The van der Waals surface area contributed by atoms with Crippen LogP contribution in [-0.4, -0.2) is 28.8 Å². The van der Waals surface area contributed by atoms with Crippen molar-refractivity contribution in [2.45, 2.75) is 31.8 Å². The van der Waals surface area contributed by atoms with E-state index in [4.69, 9.17) is 5.73 Å². The lowest BCUT2D eigenvalue weighted by atomic mass is 9.74. The predicted octanol–water partition coefficient (Wildman–Crippen LogP) is 1.51. The third-order valence-corrected chi connectivity index (χ3v) is 3.48. The van der Waals surface area contributed by atoms with Crippen molar-refractivity contribution >= 4 is 5.97 Å². The molecule has 5 heteroatoms. The Kier molecular flexibility index (Phi) is 5.03. The molecular formula is C14H20FNO3. The van der Waals surface area contributed by atoms with Crippen LogP contribution in [-0.2, 0) is 10.2 Å². The van der Waals surface area contributed by atoms with Gasteiger partial charge in [0.1, 0.15) is 11.2 Å². The molecule has 2 unspecified atom stereocenters. The van der Waals surface area contributed by atoms with Crippen molar-refractivity contribution in [3.8, 4) is 0 Å². The Morgan fingerprint density at radius 2 is 1.89 bits per heavy atom.